The second-order valence-corrected chi connectivity index (χ2v) is 7.04. The number of primary sulfonamides is 1. The largest absolute Gasteiger partial charge is 0.493 e. The third kappa shape index (κ3) is 3.69. The van der Waals surface area contributed by atoms with Crippen molar-refractivity contribution in [1.29, 1.82) is 0 Å². The highest BCUT2D eigenvalue weighted by molar-refractivity contribution is 7.89. The number of hydrogen-bond acceptors (Lipinski definition) is 5. The lowest BCUT2D eigenvalue weighted by Crippen LogP contribution is -2.33. The third-order valence-electron chi connectivity index (χ3n) is 3.76. The van der Waals surface area contributed by atoms with E-state index in [-0.39, 0.29) is 18.9 Å². The SMILES string of the molecule is COc1ccc(CCN2CC(S(N)(=O)=O)CC2=O)cc1OC. The number of likely N-dealkylation sites (tertiary alicyclic amines) is 1. The molecule has 1 aliphatic rings. The van der Waals surface area contributed by atoms with Gasteiger partial charge in [0.25, 0.3) is 0 Å². The average molecular weight is 328 g/mol. The molecule has 0 bridgehead atoms. The lowest BCUT2D eigenvalue weighted by Gasteiger charge is -2.16. The number of rotatable bonds is 6. The number of sulfonamides is 1. The van der Waals surface area contributed by atoms with Gasteiger partial charge >= 0.3 is 0 Å². The van der Waals surface area contributed by atoms with Crippen molar-refractivity contribution in [1.82, 2.24) is 4.90 Å². The van der Waals surface area contributed by atoms with E-state index in [0.717, 1.165) is 5.56 Å². The van der Waals surface area contributed by atoms with Crippen LogP contribution in [0.15, 0.2) is 18.2 Å². The van der Waals surface area contributed by atoms with Gasteiger partial charge in [0.05, 0.1) is 14.2 Å². The standard InChI is InChI=1S/C14H20N2O5S/c1-20-12-4-3-10(7-13(12)21-2)5-6-16-9-11(8-14(16)17)22(15,18)19/h3-4,7,11H,5-6,8-9H2,1-2H3,(H2,15,18,19). The summed E-state index contributed by atoms with van der Waals surface area (Å²) in [5, 5.41) is 4.30. The summed E-state index contributed by atoms with van der Waals surface area (Å²) in [4.78, 5) is 13.4. The van der Waals surface area contributed by atoms with Crippen molar-refractivity contribution in [3.8, 4) is 11.5 Å². The number of ether oxygens (including phenoxy) is 2. The zero-order valence-corrected chi connectivity index (χ0v) is 13.4. The molecular weight excluding hydrogens is 308 g/mol. The Hall–Kier alpha value is -1.80. The Bertz CT molecular complexity index is 659. The number of nitrogens with zero attached hydrogens (tertiary/aromatic N) is 1. The first-order valence-electron chi connectivity index (χ1n) is 6.85. The van der Waals surface area contributed by atoms with E-state index in [1.54, 1.807) is 20.3 Å². The average Bonchev–Trinajstić information content (AvgIpc) is 2.86. The molecule has 8 heteroatoms. The van der Waals surface area contributed by atoms with Crippen LogP contribution in [0.5, 0.6) is 11.5 Å². The molecule has 1 aromatic rings. The Labute approximate surface area is 130 Å². The quantitative estimate of drug-likeness (QED) is 0.800. The number of hydrogen-bond donors (Lipinski definition) is 1. The van der Waals surface area contributed by atoms with Crippen LogP contribution >= 0.6 is 0 Å². The zero-order valence-electron chi connectivity index (χ0n) is 12.6. The van der Waals surface area contributed by atoms with Gasteiger partial charge in [0.1, 0.15) is 5.25 Å². The fourth-order valence-electron chi connectivity index (χ4n) is 2.47. The molecule has 0 aromatic heterocycles. The van der Waals surface area contributed by atoms with Gasteiger partial charge in [-0.2, -0.15) is 0 Å². The van der Waals surface area contributed by atoms with Gasteiger partial charge in [-0.3, -0.25) is 4.79 Å². The molecule has 1 fully saturated rings. The lowest BCUT2D eigenvalue weighted by atomic mass is 10.1. The first kappa shape index (κ1) is 16.6. The van der Waals surface area contributed by atoms with Gasteiger partial charge in [-0.05, 0) is 24.1 Å². The van der Waals surface area contributed by atoms with Crippen LogP contribution in [-0.2, 0) is 21.2 Å². The van der Waals surface area contributed by atoms with Crippen LogP contribution in [-0.4, -0.2) is 51.8 Å². The molecule has 0 radical (unpaired) electrons. The summed E-state index contributed by atoms with van der Waals surface area (Å²) in [5.41, 5.74) is 0.976. The van der Waals surface area contributed by atoms with Gasteiger partial charge in [0.15, 0.2) is 11.5 Å². The van der Waals surface area contributed by atoms with Crippen molar-refractivity contribution in [3.63, 3.8) is 0 Å². The molecule has 1 heterocycles. The number of amides is 1. The second kappa shape index (κ2) is 6.53. The third-order valence-corrected chi connectivity index (χ3v) is 5.01. The predicted octanol–water partition coefficient (Wildman–Crippen LogP) is 0.136. The maximum Gasteiger partial charge on any atom is 0.224 e. The molecule has 2 rings (SSSR count). The Balaban J connectivity index is 2.00. The summed E-state index contributed by atoms with van der Waals surface area (Å²) < 4.78 is 33.0. The number of benzene rings is 1. The molecule has 1 aliphatic heterocycles. The van der Waals surface area contributed by atoms with Crippen molar-refractivity contribution >= 4 is 15.9 Å². The van der Waals surface area contributed by atoms with E-state index in [4.69, 9.17) is 14.6 Å². The summed E-state index contributed by atoms with van der Waals surface area (Å²) in [6.07, 6.45) is 0.564. The van der Waals surface area contributed by atoms with E-state index in [0.29, 0.717) is 24.5 Å². The Morgan fingerprint density at radius 1 is 1.27 bits per heavy atom. The van der Waals surface area contributed by atoms with Crippen LogP contribution in [0.3, 0.4) is 0 Å². The smallest absolute Gasteiger partial charge is 0.224 e. The van der Waals surface area contributed by atoms with E-state index in [1.165, 1.54) is 4.90 Å². The molecule has 0 aliphatic carbocycles. The summed E-state index contributed by atoms with van der Waals surface area (Å²) in [7, 11) is -0.549. The molecule has 1 aromatic carbocycles. The Morgan fingerprint density at radius 2 is 1.95 bits per heavy atom. The van der Waals surface area contributed by atoms with Crippen LogP contribution in [0.25, 0.3) is 0 Å². The molecule has 1 unspecified atom stereocenters. The van der Waals surface area contributed by atoms with Crippen LogP contribution in [0.1, 0.15) is 12.0 Å². The predicted molar refractivity (Wildman–Crippen MR) is 81.3 cm³/mol. The molecule has 2 N–H and O–H groups in total. The van der Waals surface area contributed by atoms with Crippen LogP contribution in [0.2, 0.25) is 0 Å². The zero-order chi connectivity index (χ0) is 16.3. The minimum absolute atomic E-state index is 0.0369. The highest BCUT2D eigenvalue weighted by Crippen LogP contribution is 2.28. The van der Waals surface area contributed by atoms with E-state index in [9.17, 15) is 13.2 Å². The highest BCUT2D eigenvalue weighted by Gasteiger charge is 2.35. The van der Waals surface area contributed by atoms with Gasteiger partial charge in [0.2, 0.25) is 15.9 Å². The molecule has 122 valence electrons. The summed E-state index contributed by atoms with van der Waals surface area (Å²) >= 11 is 0. The number of methoxy groups -OCH3 is 2. The van der Waals surface area contributed by atoms with Crippen LogP contribution in [0.4, 0.5) is 0 Å². The molecule has 1 atom stereocenters. The molecule has 0 saturated carbocycles. The Morgan fingerprint density at radius 3 is 2.50 bits per heavy atom. The molecule has 0 spiro atoms. The van der Waals surface area contributed by atoms with Gasteiger partial charge < -0.3 is 14.4 Å². The van der Waals surface area contributed by atoms with E-state index < -0.39 is 15.3 Å². The van der Waals surface area contributed by atoms with Gasteiger partial charge in [-0.25, -0.2) is 13.6 Å². The van der Waals surface area contributed by atoms with Crippen molar-refractivity contribution < 1.29 is 22.7 Å². The lowest BCUT2D eigenvalue weighted by molar-refractivity contribution is -0.127. The molecule has 7 nitrogen and oxygen atoms in total. The number of carbonyl (C=O) groups excluding carboxylic acids is 1. The molecule has 1 saturated heterocycles. The van der Waals surface area contributed by atoms with Crippen molar-refractivity contribution in [3.05, 3.63) is 23.8 Å². The molecule has 22 heavy (non-hydrogen) atoms. The maximum atomic E-state index is 11.8. The molecular formula is C14H20N2O5S. The Kier molecular flexibility index (Phi) is 4.92. The summed E-state index contributed by atoms with van der Waals surface area (Å²) in [6, 6.07) is 5.53. The van der Waals surface area contributed by atoms with Gasteiger partial charge in [-0.15, -0.1) is 0 Å². The first-order chi connectivity index (χ1) is 10.3. The fourth-order valence-corrected chi connectivity index (χ4v) is 3.23. The maximum absolute atomic E-state index is 11.8. The number of nitrogens with two attached hydrogens (primary N) is 1. The van der Waals surface area contributed by atoms with E-state index in [2.05, 4.69) is 0 Å². The van der Waals surface area contributed by atoms with E-state index >= 15 is 0 Å². The second-order valence-electron chi connectivity index (χ2n) is 5.19. The summed E-state index contributed by atoms with van der Waals surface area (Å²) in [6.45, 7) is 0.602. The van der Waals surface area contributed by atoms with Crippen molar-refractivity contribution in [2.24, 2.45) is 5.14 Å². The fraction of sp³-hybridized carbons (Fsp3) is 0.500. The van der Waals surface area contributed by atoms with E-state index in [1.807, 2.05) is 12.1 Å². The monoisotopic (exact) mass is 328 g/mol. The normalized spacial score (nSPS) is 18.6. The van der Waals surface area contributed by atoms with Crippen molar-refractivity contribution in [2.45, 2.75) is 18.1 Å². The summed E-state index contributed by atoms with van der Waals surface area (Å²) in [5.74, 6) is 1.08. The molecule has 1 amide bonds. The van der Waals surface area contributed by atoms with Crippen LogP contribution < -0.4 is 14.6 Å². The van der Waals surface area contributed by atoms with Crippen LogP contribution in [0, 0.1) is 0 Å². The highest BCUT2D eigenvalue weighted by atomic mass is 32.2. The topological polar surface area (TPSA) is 98.9 Å². The van der Waals surface area contributed by atoms with Gasteiger partial charge in [0, 0.05) is 19.5 Å². The van der Waals surface area contributed by atoms with Gasteiger partial charge in [-0.1, -0.05) is 6.07 Å². The van der Waals surface area contributed by atoms with Crippen molar-refractivity contribution in [2.75, 3.05) is 27.3 Å². The first-order valence-corrected chi connectivity index (χ1v) is 8.46. The minimum Gasteiger partial charge on any atom is -0.493 e. The minimum atomic E-state index is -3.67. The number of carbonyl (C=O) groups is 1.